The van der Waals surface area contributed by atoms with Crippen molar-refractivity contribution in [2.75, 3.05) is 5.32 Å². The maximum Gasteiger partial charge on any atom is 0.137 e. The number of hydrogen-bond acceptors (Lipinski definition) is 4. The topological polar surface area (TPSA) is 66.5 Å². The lowest BCUT2D eigenvalue weighted by Crippen LogP contribution is -2.22. The molecule has 26 heavy (non-hydrogen) atoms. The highest BCUT2D eigenvalue weighted by Crippen LogP contribution is 2.35. The van der Waals surface area contributed by atoms with Gasteiger partial charge in [0, 0.05) is 35.6 Å². The highest BCUT2D eigenvalue weighted by Gasteiger charge is 2.19. The third-order valence-electron chi connectivity index (χ3n) is 5.35. The predicted octanol–water partition coefficient (Wildman–Crippen LogP) is 4.92. The number of H-pyrrole nitrogens is 1. The summed E-state index contributed by atoms with van der Waals surface area (Å²) in [6.07, 6.45) is 12.0. The average Bonchev–Trinajstić information content (AvgIpc) is 3.13. The number of fused-ring (bicyclic) bond motifs is 2. The fourth-order valence-electron chi connectivity index (χ4n) is 4.02. The molecule has 4 aromatic rings. The molecule has 1 fully saturated rings. The summed E-state index contributed by atoms with van der Waals surface area (Å²) >= 11 is 0. The van der Waals surface area contributed by atoms with Crippen LogP contribution in [-0.4, -0.2) is 26.2 Å². The van der Waals surface area contributed by atoms with E-state index in [9.17, 15) is 0 Å². The van der Waals surface area contributed by atoms with Gasteiger partial charge in [-0.25, -0.2) is 4.98 Å². The minimum Gasteiger partial charge on any atom is -0.367 e. The number of pyridine rings is 2. The van der Waals surface area contributed by atoms with Gasteiger partial charge in [0.1, 0.15) is 11.5 Å². The van der Waals surface area contributed by atoms with Crippen molar-refractivity contribution in [2.24, 2.45) is 0 Å². The van der Waals surface area contributed by atoms with Gasteiger partial charge in [-0.15, -0.1) is 0 Å². The molecule has 1 saturated carbocycles. The van der Waals surface area contributed by atoms with E-state index in [0.29, 0.717) is 6.04 Å². The fraction of sp³-hybridized carbons (Fsp3) is 0.286. The summed E-state index contributed by atoms with van der Waals surface area (Å²) in [4.78, 5) is 9.07. The van der Waals surface area contributed by atoms with Crippen molar-refractivity contribution >= 4 is 27.5 Å². The van der Waals surface area contributed by atoms with Crippen LogP contribution in [0.1, 0.15) is 32.1 Å². The number of hydrogen-bond donors (Lipinski definition) is 2. The number of anilines is 1. The van der Waals surface area contributed by atoms with Crippen LogP contribution in [0.2, 0.25) is 0 Å². The van der Waals surface area contributed by atoms with Crippen LogP contribution < -0.4 is 5.32 Å². The largest absolute Gasteiger partial charge is 0.367 e. The molecule has 0 saturated heterocycles. The summed E-state index contributed by atoms with van der Waals surface area (Å²) in [6.45, 7) is 0. The molecule has 2 N–H and O–H groups in total. The first-order valence-electron chi connectivity index (χ1n) is 9.33. The summed E-state index contributed by atoms with van der Waals surface area (Å²) in [5.41, 5.74) is 2.95. The van der Waals surface area contributed by atoms with E-state index >= 15 is 0 Å². The molecular weight excluding hydrogens is 322 g/mol. The third-order valence-corrected chi connectivity index (χ3v) is 5.35. The third kappa shape index (κ3) is 2.60. The van der Waals surface area contributed by atoms with Crippen molar-refractivity contribution in [3.05, 3.63) is 48.9 Å². The maximum atomic E-state index is 4.65. The second-order valence-corrected chi connectivity index (χ2v) is 7.04. The molecule has 1 aromatic carbocycles. The number of aromatic amines is 1. The van der Waals surface area contributed by atoms with Crippen LogP contribution in [0.3, 0.4) is 0 Å². The Hall–Kier alpha value is -2.95. The second-order valence-electron chi connectivity index (χ2n) is 7.04. The molecule has 0 bridgehead atoms. The van der Waals surface area contributed by atoms with Crippen molar-refractivity contribution in [3.63, 3.8) is 0 Å². The maximum absolute atomic E-state index is 4.65. The average molecular weight is 343 g/mol. The van der Waals surface area contributed by atoms with Gasteiger partial charge in [0.15, 0.2) is 0 Å². The quantitative estimate of drug-likeness (QED) is 0.554. The highest BCUT2D eigenvalue weighted by molar-refractivity contribution is 6.06. The predicted molar refractivity (Wildman–Crippen MR) is 105 cm³/mol. The molecule has 3 heterocycles. The molecule has 130 valence electrons. The van der Waals surface area contributed by atoms with Crippen molar-refractivity contribution in [1.82, 2.24) is 20.2 Å². The molecule has 0 unspecified atom stereocenters. The van der Waals surface area contributed by atoms with Crippen molar-refractivity contribution in [3.8, 4) is 11.3 Å². The van der Waals surface area contributed by atoms with E-state index in [1.54, 1.807) is 0 Å². The van der Waals surface area contributed by atoms with Gasteiger partial charge in [0.05, 0.1) is 10.9 Å². The summed E-state index contributed by atoms with van der Waals surface area (Å²) in [7, 11) is 0. The van der Waals surface area contributed by atoms with Gasteiger partial charge < -0.3 is 5.32 Å². The second kappa shape index (κ2) is 6.41. The van der Waals surface area contributed by atoms with Gasteiger partial charge in [0.25, 0.3) is 0 Å². The van der Waals surface area contributed by atoms with Gasteiger partial charge in [-0.1, -0.05) is 43.5 Å². The Labute approximate surface area is 151 Å². The lowest BCUT2D eigenvalue weighted by atomic mass is 9.95. The number of nitrogens with zero attached hydrogens (tertiary/aromatic N) is 3. The van der Waals surface area contributed by atoms with Crippen LogP contribution in [0.4, 0.5) is 5.82 Å². The summed E-state index contributed by atoms with van der Waals surface area (Å²) in [6, 6.07) is 10.8. The van der Waals surface area contributed by atoms with E-state index in [4.69, 9.17) is 0 Å². The smallest absolute Gasteiger partial charge is 0.137 e. The first kappa shape index (κ1) is 15.3. The standard InChI is InChI=1S/C21H21N5/c1-2-7-15(8-3-1)24-21-19-18(10-11-23-21)25-26-20(19)17-13-22-12-14-6-4-5-9-16(14)17/h4-6,9-13,15H,1-3,7-8H2,(H,23,24)(H,25,26). The van der Waals surface area contributed by atoms with Crippen molar-refractivity contribution in [2.45, 2.75) is 38.1 Å². The van der Waals surface area contributed by atoms with E-state index in [1.807, 2.05) is 30.7 Å². The van der Waals surface area contributed by atoms with E-state index < -0.39 is 0 Å². The molecule has 0 aliphatic heterocycles. The Bertz CT molecular complexity index is 1060. The molecule has 5 nitrogen and oxygen atoms in total. The van der Waals surface area contributed by atoms with E-state index in [1.165, 1.54) is 32.1 Å². The number of rotatable bonds is 3. The zero-order valence-corrected chi connectivity index (χ0v) is 14.6. The molecule has 0 amide bonds. The SMILES string of the molecule is c1ccc2c(-c3n[nH]c4ccnc(NC5CCCCC5)c34)cncc2c1. The molecule has 0 spiro atoms. The molecule has 1 aliphatic rings. The lowest BCUT2D eigenvalue weighted by molar-refractivity contribution is 0.462. The summed E-state index contributed by atoms with van der Waals surface area (Å²) < 4.78 is 0. The minimum absolute atomic E-state index is 0.496. The summed E-state index contributed by atoms with van der Waals surface area (Å²) in [5, 5.41) is 14.8. The van der Waals surface area contributed by atoms with Gasteiger partial charge in [-0.3, -0.25) is 10.1 Å². The van der Waals surface area contributed by atoms with Gasteiger partial charge >= 0.3 is 0 Å². The number of nitrogens with one attached hydrogen (secondary N) is 2. The molecule has 5 rings (SSSR count). The zero-order chi connectivity index (χ0) is 17.3. The number of benzene rings is 1. The monoisotopic (exact) mass is 343 g/mol. The Kier molecular flexibility index (Phi) is 3.77. The zero-order valence-electron chi connectivity index (χ0n) is 14.6. The molecule has 0 atom stereocenters. The van der Waals surface area contributed by atoms with Crippen LogP contribution in [0.5, 0.6) is 0 Å². The Morgan fingerprint density at radius 1 is 1.00 bits per heavy atom. The van der Waals surface area contributed by atoms with Crippen LogP contribution in [0.15, 0.2) is 48.9 Å². The van der Waals surface area contributed by atoms with Crippen molar-refractivity contribution < 1.29 is 0 Å². The molecule has 3 aromatic heterocycles. The van der Waals surface area contributed by atoms with Crippen LogP contribution in [0.25, 0.3) is 32.9 Å². The summed E-state index contributed by atoms with van der Waals surface area (Å²) in [5.74, 6) is 0.922. The van der Waals surface area contributed by atoms with E-state index in [-0.39, 0.29) is 0 Å². The Morgan fingerprint density at radius 2 is 1.88 bits per heavy atom. The minimum atomic E-state index is 0.496. The van der Waals surface area contributed by atoms with E-state index in [2.05, 4.69) is 43.7 Å². The fourth-order valence-corrected chi connectivity index (χ4v) is 4.02. The first-order valence-corrected chi connectivity index (χ1v) is 9.33. The molecule has 0 radical (unpaired) electrons. The lowest BCUT2D eigenvalue weighted by Gasteiger charge is -2.23. The van der Waals surface area contributed by atoms with Gasteiger partial charge in [-0.2, -0.15) is 5.10 Å². The normalized spacial score (nSPS) is 15.5. The Morgan fingerprint density at radius 3 is 2.81 bits per heavy atom. The van der Waals surface area contributed by atoms with Crippen molar-refractivity contribution in [1.29, 1.82) is 0 Å². The highest BCUT2D eigenvalue weighted by atomic mass is 15.1. The van der Waals surface area contributed by atoms with Gasteiger partial charge in [-0.05, 0) is 24.3 Å². The first-order chi connectivity index (χ1) is 12.9. The van der Waals surface area contributed by atoms with Gasteiger partial charge in [0.2, 0.25) is 0 Å². The number of aromatic nitrogens is 4. The van der Waals surface area contributed by atoms with Crippen LogP contribution in [0, 0.1) is 0 Å². The van der Waals surface area contributed by atoms with E-state index in [0.717, 1.165) is 38.8 Å². The molecule has 1 aliphatic carbocycles. The molecule has 5 heteroatoms. The Balaban J connectivity index is 1.66. The van der Waals surface area contributed by atoms with Crippen LogP contribution >= 0.6 is 0 Å². The molecular formula is C21H21N5. The van der Waals surface area contributed by atoms with Crippen LogP contribution in [-0.2, 0) is 0 Å².